The van der Waals surface area contributed by atoms with Crippen LogP contribution in [0, 0.1) is 0 Å². The van der Waals surface area contributed by atoms with Gasteiger partial charge in [-0.15, -0.1) is 5.10 Å². The summed E-state index contributed by atoms with van der Waals surface area (Å²) in [5.41, 5.74) is 5.15. The number of aromatic nitrogens is 5. The summed E-state index contributed by atoms with van der Waals surface area (Å²) in [6, 6.07) is 1.56. The van der Waals surface area contributed by atoms with Crippen LogP contribution in [0.5, 0.6) is 0 Å². The number of hydrogen-bond donors (Lipinski definition) is 3. The summed E-state index contributed by atoms with van der Waals surface area (Å²) in [4.78, 5) is 10.8. The maximum Gasteiger partial charge on any atom is 0.358 e. The van der Waals surface area contributed by atoms with Crippen LogP contribution in [0.4, 0.5) is 5.82 Å². The third kappa shape index (κ3) is 1.09. The summed E-state index contributed by atoms with van der Waals surface area (Å²) in [6.45, 7) is 0. The van der Waals surface area contributed by atoms with Crippen LogP contribution in [0.1, 0.15) is 10.5 Å². The van der Waals surface area contributed by atoms with Gasteiger partial charge in [0.1, 0.15) is 0 Å². The van der Waals surface area contributed by atoms with Gasteiger partial charge in [-0.2, -0.15) is 9.78 Å². The first-order chi connectivity index (χ1) is 6.70. The molecule has 0 unspecified atom stereocenters. The molecule has 0 radical (unpaired) electrons. The lowest BCUT2D eigenvalue weighted by molar-refractivity contribution is 0.0688. The van der Waals surface area contributed by atoms with E-state index >= 15 is 0 Å². The van der Waals surface area contributed by atoms with Crippen molar-refractivity contribution >= 4 is 11.8 Å². The zero-order valence-corrected chi connectivity index (χ0v) is 6.88. The van der Waals surface area contributed by atoms with E-state index in [0.29, 0.717) is 5.82 Å². The number of nitrogens with two attached hydrogens (primary N) is 1. The standard InChI is InChI=1S/C6H6N6O2/c7-5-4(6(13)14)12(11-10-5)3-1-2-8-9-3/h1-2H,7H2,(H,8,9)(H,13,14). The number of H-pyrrole nitrogens is 1. The van der Waals surface area contributed by atoms with Crippen molar-refractivity contribution < 1.29 is 9.90 Å². The number of anilines is 1. The van der Waals surface area contributed by atoms with Crippen molar-refractivity contribution in [3.8, 4) is 5.82 Å². The van der Waals surface area contributed by atoms with Crippen LogP contribution in [-0.2, 0) is 0 Å². The second kappa shape index (κ2) is 2.83. The minimum atomic E-state index is -1.19. The Balaban J connectivity index is 2.60. The van der Waals surface area contributed by atoms with Crippen LogP contribution in [-0.4, -0.2) is 36.3 Å². The number of nitrogen functional groups attached to an aromatic ring is 1. The number of nitrogens with one attached hydrogen (secondary N) is 1. The Kier molecular flexibility index (Phi) is 1.67. The molecule has 2 rings (SSSR count). The third-order valence-electron chi connectivity index (χ3n) is 1.61. The Morgan fingerprint density at radius 2 is 2.43 bits per heavy atom. The van der Waals surface area contributed by atoms with Gasteiger partial charge in [-0.1, -0.05) is 5.21 Å². The van der Waals surface area contributed by atoms with Gasteiger partial charge in [0.05, 0.1) is 6.20 Å². The topological polar surface area (TPSA) is 123 Å². The van der Waals surface area contributed by atoms with Crippen molar-refractivity contribution in [1.82, 2.24) is 25.2 Å². The van der Waals surface area contributed by atoms with E-state index in [0.717, 1.165) is 4.68 Å². The summed E-state index contributed by atoms with van der Waals surface area (Å²) in [7, 11) is 0. The zero-order valence-electron chi connectivity index (χ0n) is 6.88. The third-order valence-corrected chi connectivity index (χ3v) is 1.61. The number of nitrogens with zero attached hydrogens (tertiary/aromatic N) is 4. The lowest BCUT2D eigenvalue weighted by Gasteiger charge is -1.97. The second-order valence-corrected chi connectivity index (χ2v) is 2.48. The summed E-state index contributed by atoms with van der Waals surface area (Å²) >= 11 is 0. The number of rotatable bonds is 2. The molecule has 4 N–H and O–H groups in total. The molecule has 0 aliphatic rings. The SMILES string of the molecule is Nc1nnn(-c2ccn[nH]2)c1C(=O)O. The molecule has 2 aromatic rings. The fourth-order valence-electron chi connectivity index (χ4n) is 1.03. The van der Waals surface area contributed by atoms with Crippen LogP contribution in [0.25, 0.3) is 5.82 Å². The molecule has 8 nitrogen and oxygen atoms in total. The van der Waals surface area contributed by atoms with Crippen LogP contribution in [0.3, 0.4) is 0 Å². The van der Waals surface area contributed by atoms with Gasteiger partial charge in [0.25, 0.3) is 0 Å². The van der Waals surface area contributed by atoms with Crippen molar-refractivity contribution in [3.05, 3.63) is 18.0 Å². The molecule has 0 aliphatic heterocycles. The minimum Gasteiger partial charge on any atom is -0.476 e. The van der Waals surface area contributed by atoms with Gasteiger partial charge in [0, 0.05) is 6.07 Å². The molecule has 2 heterocycles. The molecule has 72 valence electrons. The van der Waals surface area contributed by atoms with E-state index in [1.807, 2.05) is 0 Å². The van der Waals surface area contributed by atoms with E-state index in [4.69, 9.17) is 10.8 Å². The first-order valence-electron chi connectivity index (χ1n) is 3.64. The Labute approximate surface area is 77.3 Å². The molecule has 0 amide bonds. The predicted octanol–water partition coefficient (Wildman–Crippen LogP) is -0.729. The molecule has 0 spiro atoms. The molecule has 0 aromatic carbocycles. The normalized spacial score (nSPS) is 10.3. The number of aromatic carboxylic acids is 1. The highest BCUT2D eigenvalue weighted by atomic mass is 16.4. The number of aromatic amines is 1. The number of carboxylic acid groups (broad SMARTS) is 1. The average Bonchev–Trinajstić information content (AvgIpc) is 2.70. The van der Waals surface area contributed by atoms with E-state index in [1.54, 1.807) is 6.07 Å². The molecule has 0 aliphatic carbocycles. The lowest BCUT2D eigenvalue weighted by atomic mass is 10.4. The van der Waals surface area contributed by atoms with Crippen molar-refractivity contribution in [3.63, 3.8) is 0 Å². The fraction of sp³-hybridized carbons (Fsp3) is 0. The van der Waals surface area contributed by atoms with Gasteiger partial charge in [0.15, 0.2) is 17.3 Å². The van der Waals surface area contributed by atoms with Gasteiger partial charge in [-0.25, -0.2) is 4.79 Å². The van der Waals surface area contributed by atoms with Crippen molar-refractivity contribution in [2.75, 3.05) is 5.73 Å². The van der Waals surface area contributed by atoms with Crippen LogP contribution < -0.4 is 5.73 Å². The molecule has 0 bridgehead atoms. The van der Waals surface area contributed by atoms with E-state index in [2.05, 4.69) is 20.5 Å². The fourth-order valence-corrected chi connectivity index (χ4v) is 1.03. The summed E-state index contributed by atoms with van der Waals surface area (Å²) in [6.07, 6.45) is 1.47. The lowest BCUT2D eigenvalue weighted by Crippen LogP contribution is -2.10. The molecular weight excluding hydrogens is 188 g/mol. The average molecular weight is 194 g/mol. The van der Waals surface area contributed by atoms with Crippen molar-refractivity contribution in [2.45, 2.75) is 0 Å². The maximum absolute atomic E-state index is 10.8. The van der Waals surface area contributed by atoms with Gasteiger partial charge >= 0.3 is 5.97 Å². The number of hydrogen-bond acceptors (Lipinski definition) is 5. The Hall–Kier alpha value is -2.38. The molecule has 14 heavy (non-hydrogen) atoms. The Morgan fingerprint density at radius 3 is 3.00 bits per heavy atom. The largest absolute Gasteiger partial charge is 0.476 e. The molecular formula is C6H6N6O2. The molecule has 2 aromatic heterocycles. The first kappa shape index (κ1) is 8.23. The monoisotopic (exact) mass is 194 g/mol. The molecule has 0 saturated carbocycles. The molecule has 0 atom stereocenters. The van der Waals surface area contributed by atoms with E-state index in [9.17, 15) is 4.79 Å². The van der Waals surface area contributed by atoms with E-state index in [-0.39, 0.29) is 11.5 Å². The summed E-state index contributed by atoms with van der Waals surface area (Å²) in [5.74, 6) is -0.930. The van der Waals surface area contributed by atoms with Gasteiger partial charge in [-0.05, 0) is 0 Å². The molecule has 0 saturated heterocycles. The first-order valence-corrected chi connectivity index (χ1v) is 3.64. The summed E-state index contributed by atoms with van der Waals surface area (Å²) < 4.78 is 1.07. The minimum absolute atomic E-state index is 0.132. The molecule has 8 heteroatoms. The van der Waals surface area contributed by atoms with Crippen LogP contribution >= 0.6 is 0 Å². The highest BCUT2D eigenvalue weighted by Gasteiger charge is 2.18. The zero-order chi connectivity index (χ0) is 10.1. The van der Waals surface area contributed by atoms with Gasteiger partial charge < -0.3 is 10.8 Å². The van der Waals surface area contributed by atoms with E-state index in [1.165, 1.54) is 6.20 Å². The van der Waals surface area contributed by atoms with Crippen molar-refractivity contribution in [1.29, 1.82) is 0 Å². The quantitative estimate of drug-likeness (QED) is 0.579. The Bertz CT molecular complexity index is 459. The second-order valence-electron chi connectivity index (χ2n) is 2.48. The number of carboxylic acids is 1. The maximum atomic E-state index is 10.8. The van der Waals surface area contributed by atoms with Crippen molar-refractivity contribution in [2.24, 2.45) is 0 Å². The van der Waals surface area contributed by atoms with E-state index < -0.39 is 5.97 Å². The highest BCUT2D eigenvalue weighted by Crippen LogP contribution is 2.11. The predicted molar refractivity (Wildman–Crippen MR) is 44.9 cm³/mol. The summed E-state index contributed by atoms with van der Waals surface area (Å²) in [5, 5.41) is 22.1. The smallest absolute Gasteiger partial charge is 0.358 e. The van der Waals surface area contributed by atoms with Crippen LogP contribution in [0.15, 0.2) is 12.3 Å². The molecule has 0 fully saturated rings. The highest BCUT2D eigenvalue weighted by molar-refractivity contribution is 5.90. The number of carbonyl (C=O) groups is 1. The Morgan fingerprint density at radius 1 is 1.64 bits per heavy atom. The van der Waals surface area contributed by atoms with Gasteiger partial charge in [-0.3, -0.25) is 5.10 Å². The van der Waals surface area contributed by atoms with Gasteiger partial charge in [0.2, 0.25) is 0 Å². The van der Waals surface area contributed by atoms with Crippen LogP contribution in [0.2, 0.25) is 0 Å².